The van der Waals surface area contributed by atoms with Gasteiger partial charge in [0.2, 0.25) is 5.91 Å². The van der Waals surface area contributed by atoms with Gasteiger partial charge in [-0.1, -0.05) is 0 Å². The highest BCUT2D eigenvalue weighted by Gasteiger charge is 2.06. The molecule has 0 radical (unpaired) electrons. The lowest BCUT2D eigenvalue weighted by atomic mass is 10.3. The van der Waals surface area contributed by atoms with Crippen LogP contribution < -0.4 is 5.73 Å². The Morgan fingerprint density at radius 2 is 2.38 bits per heavy atom. The maximum atomic E-state index is 10.9. The van der Waals surface area contributed by atoms with Gasteiger partial charge in [0, 0.05) is 6.20 Å². The van der Waals surface area contributed by atoms with E-state index in [2.05, 4.69) is 26.0 Å². The van der Waals surface area contributed by atoms with Crippen molar-refractivity contribution in [1.29, 1.82) is 0 Å². The van der Waals surface area contributed by atoms with E-state index in [0.29, 0.717) is 15.7 Å². The summed E-state index contributed by atoms with van der Waals surface area (Å²) < 4.78 is 2.19. The molecule has 0 unspecified atom stereocenters. The Morgan fingerprint density at radius 1 is 1.62 bits per heavy atom. The molecule has 0 aliphatic rings. The third-order valence-electron chi connectivity index (χ3n) is 1.61. The fourth-order valence-corrected chi connectivity index (χ4v) is 1.55. The van der Waals surface area contributed by atoms with E-state index in [9.17, 15) is 4.79 Å². The van der Waals surface area contributed by atoms with Gasteiger partial charge >= 0.3 is 0 Å². The monoisotopic (exact) mass is 240 g/mol. The summed E-state index contributed by atoms with van der Waals surface area (Å²) in [5.41, 5.74) is 6.17. The Bertz CT molecular complexity index is 478. The molecule has 0 aliphatic carbocycles. The zero-order valence-electron chi connectivity index (χ0n) is 6.44. The number of aromatic nitrogens is 3. The molecule has 0 aromatic carbocycles. The summed E-state index contributed by atoms with van der Waals surface area (Å²) in [5.74, 6) is -0.488. The Morgan fingerprint density at radius 3 is 3.08 bits per heavy atom. The van der Waals surface area contributed by atoms with Crippen LogP contribution in [0.5, 0.6) is 0 Å². The molecule has 0 atom stereocenters. The second-order valence-electron chi connectivity index (χ2n) is 2.47. The Balaban J connectivity index is 2.77. The van der Waals surface area contributed by atoms with Crippen molar-refractivity contribution in [3.8, 4) is 0 Å². The van der Waals surface area contributed by atoms with E-state index in [4.69, 9.17) is 5.73 Å². The maximum Gasteiger partial charge on any atom is 0.250 e. The van der Waals surface area contributed by atoms with Crippen LogP contribution in [0.4, 0.5) is 0 Å². The molecule has 0 saturated carbocycles. The number of pyridine rings is 1. The average Bonchev–Trinajstić information content (AvgIpc) is 2.51. The smallest absolute Gasteiger partial charge is 0.250 e. The zero-order chi connectivity index (χ0) is 9.42. The van der Waals surface area contributed by atoms with Gasteiger partial charge in [0.05, 0.1) is 10.0 Å². The molecule has 0 saturated heterocycles. The maximum absolute atomic E-state index is 10.9. The summed E-state index contributed by atoms with van der Waals surface area (Å²) >= 11 is 3.26. The summed E-state index contributed by atoms with van der Waals surface area (Å²) in [4.78, 5) is 14.8. The second kappa shape index (κ2) is 2.81. The van der Waals surface area contributed by atoms with Crippen LogP contribution in [0.3, 0.4) is 0 Å². The highest BCUT2D eigenvalue weighted by molar-refractivity contribution is 9.10. The fourth-order valence-electron chi connectivity index (χ4n) is 1.02. The van der Waals surface area contributed by atoms with Crippen LogP contribution in [-0.2, 0) is 0 Å². The van der Waals surface area contributed by atoms with Gasteiger partial charge < -0.3 is 5.73 Å². The molecule has 0 aliphatic heterocycles. The number of amides is 1. The quantitative estimate of drug-likeness (QED) is 0.793. The first kappa shape index (κ1) is 8.18. The second-order valence-corrected chi connectivity index (χ2v) is 3.32. The molecule has 2 aromatic rings. The average molecular weight is 241 g/mol. The molecule has 2 heterocycles. The van der Waals surface area contributed by atoms with Crippen LogP contribution in [-0.4, -0.2) is 20.5 Å². The highest BCUT2D eigenvalue weighted by Crippen LogP contribution is 2.16. The predicted molar refractivity (Wildman–Crippen MR) is 49.2 cm³/mol. The van der Waals surface area contributed by atoms with Gasteiger partial charge in [-0.05, 0) is 22.0 Å². The number of primary amides is 1. The molecular formula is C7H5BrN4O. The lowest BCUT2D eigenvalue weighted by Gasteiger charge is -1.98. The highest BCUT2D eigenvalue weighted by atomic mass is 79.9. The van der Waals surface area contributed by atoms with Crippen LogP contribution in [0.15, 0.2) is 23.1 Å². The molecule has 6 heteroatoms. The molecule has 2 aromatic heterocycles. The number of hydrogen-bond donors (Lipinski definition) is 1. The van der Waals surface area contributed by atoms with Crippen molar-refractivity contribution in [1.82, 2.24) is 14.6 Å². The van der Waals surface area contributed by atoms with Gasteiger partial charge in [0.15, 0.2) is 5.65 Å². The fraction of sp³-hybridized carbons (Fsp3) is 0. The van der Waals surface area contributed by atoms with Crippen molar-refractivity contribution in [2.24, 2.45) is 5.73 Å². The van der Waals surface area contributed by atoms with E-state index in [1.807, 2.05) is 0 Å². The first-order valence-electron chi connectivity index (χ1n) is 3.47. The molecule has 66 valence electrons. The molecule has 0 fully saturated rings. The van der Waals surface area contributed by atoms with Gasteiger partial charge in [-0.15, -0.1) is 0 Å². The van der Waals surface area contributed by atoms with Crippen LogP contribution >= 0.6 is 15.9 Å². The molecule has 13 heavy (non-hydrogen) atoms. The van der Waals surface area contributed by atoms with E-state index in [1.54, 1.807) is 6.07 Å². The van der Waals surface area contributed by atoms with Crippen molar-refractivity contribution in [3.05, 3.63) is 28.6 Å². The summed E-state index contributed by atoms with van der Waals surface area (Å²) in [5, 5.41) is 3.89. The number of halogens is 1. The van der Waals surface area contributed by atoms with Crippen molar-refractivity contribution in [3.63, 3.8) is 0 Å². The van der Waals surface area contributed by atoms with Crippen LogP contribution in [0.2, 0.25) is 0 Å². The molecule has 2 rings (SSSR count). The van der Waals surface area contributed by atoms with E-state index < -0.39 is 5.91 Å². The molecule has 0 bridgehead atoms. The predicted octanol–water partition coefficient (Wildman–Crippen LogP) is 0.591. The molecule has 2 N–H and O–H groups in total. The van der Waals surface area contributed by atoms with E-state index in [0.717, 1.165) is 0 Å². The van der Waals surface area contributed by atoms with Gasteiger partial charge in [0.25, 0.3) is 0 Å². The van der Waals surface area contributed by atoms with Crippen molar-refractivity contribution >= 4 is 27.5 Å². The van der Waals surface area contributed by atoms with Gasteiger partial charge in [-0.2, -0.15) is 5.10 Å². The number of rotatable bonds is 1. The normalized spacial score (nSPS) is 10.5. The third kappa shape index (κ3) is 1.29. The van der Waals surface area contributed by atoms with Crippen LogP contribution in [0.25, 0.3) is 5.65 Å². The van der Waals surface area contributed by atoms with Crippen LogP contribution in [0.1, 0.15) is 10.4 Å². The van der Waals surface area contributed by atoms with E-state index in [-0.39, 0.29) is 0 Å². The van der Waals surface area contributed by atoms with Gasteiger partial charge in [0.1, 0.15) is 6.33 Å². The molecular weight excluding hydrogens is 236 g/mol. The van der Waals surface area contributed by atoms with Crippen LogP contribution in [0, 0.1) is 0 Å². The Hall–Kier alpha value is -1.43. The van der Waals surface area contributed by atoms with Gasteiger partial charge in [-0.3, -0.25) is 4.79 Å². The topological polar surface area (TPSA) is 73.3 Å². The Labute approximate surface area is 81.7 Å². The van der Waals surface area contributed by atoms with E-state index in [1.165, 1.54) is 17.0 Å². The lowest BCUT2D eigenvalue weighted by molar-refractivity contribution is 0.0999. The molecule has 5 nitrogen and oxygen atoms in total. The number of hydrogen-bond acceptors (Lipinski definition) is 3. The summed E-state index contributed by atoms with van der Waals surface area (Å²) in [6, 6.07) is 1.62. The van der Waals surface area contributed by atoms with Crippen molar-refractivity contribution in [2.75, 3.05) is 0 Å². The van der Waals surface area contributed by atoms with E-state index >= 15 is 0 Å². The molecule has 1 amide bonds. The standard InChI is InChI=1S/C7H5BrN4O/c8-5-1-4(6(9)13)2-12-7(5)10-3-11-12/h1-3H,(H2,9,13). The molecule has 0 spiro atoms. The summed E-state index contributed by atoms with van der Waals surface area (Å²) in [7, 11) is 0. The minimum atomic E-state index is -0.488. The minimum absolute atomic E-state index is 0.393. The Kier molecular flexibility index (Phi) is 1.77. The zero-order valence-corrected chi connectivity index (χ0v) is 8.02. The summed E-state index contributed by atoms with van der Waals surface area (Å²) in [6.07, 6.45) is 2.94. The number of fused-ring (bicyclic) bond motifs is 1. The van der Waals surface area contributed by atoms with Gasteiger partial charge in [-0.25, -0.2) is 9.50 Å². The minimum Gasteiger partial charge on any atom is -0.366 e. The first-order chi connectivity index (χ1) is 6.18. The number of nitrogens with two attached hydrogens (primary N) is 1. The number of carbonyl (C=O) groups is 1. The number of nitrogens with zero attached hydrogens (tertiary/aromatic N) is 3. The first-order valence-corrected chi connectivity index (χ1v) is 4.26. The SMILES string of the molecule is NC(=O)c1cc(Br)c2ncnn2c1. The third-order valence-corrected chi connectivity index (χ3v) is 2.20. The van der Waals surface area contributed by atoms with Crippen molar-refractivity contribution in [2.45, 2.75) is 0 Å². The summed E-state index contributed by atoms with van der Waals surface area (Å²) in [6.45, 7) is 0. The number of carbonyl (C=O) groups excluding carboxylic acids is 1. The lowest BCUT2D eigenvalue weighted by Crippen LogP contribution is -2.12. The van der Waals surface area contributed by atoms with Crippen molar-refractivity contribution < 1.29 is 4.79 Å². The largest absolute Gasteiger partial charge is 0.366 e.